The first-order valence-corrected chi connectivity index (χ1v) is 8.07. The van der Waals surface area contributed by atoms with Crippen molar-refractivity contribution in [2.75, 3.05) is 16.8 Å². The third kappa shape index (κ3) is 5.53. The molecule has 0 aliphatic heterocycles. The van der Waals surface area contributed by atoms with E-state index in [4.69, 9.17) is 16.0 Å². The lowest BCUT2D eigenvalue weighted by Gasteiger charge is -2.14. The lowest BCUT2D eigenvalue weighted by atomic mass is 10.1. The highest BCUT2D eigenvalue weighted by Gasteiger charge is 2.20. The molecule has 132 valence electrons. The Hall–Kier alpha value is -2.63. The second-order valence-corrected chi connectivity index (χ2v) is 5.96. The molecule has 1 atom stereocenters. The molecular formula is C13H19N5O5S. The number of anilines is 3. The van der Waals surface area contributed by atoms with E-state index in [1.54, 1.807) is 0 Å². The van der Waals surface area contributed by atoms with Crippen LogP contribution in [0.2, 0.25) is 0 Å². The van der Waals surface area contributed by atoms with Gasteiger partial charge in [-0.3, -0.25) is 4.55 Å². The molecule has 2 aromatic rings. The predicted molar refractivity (Wildman–Crippen MR) is 86.6 cm³/mol. The van der Waals surface area contributed by atoms with Gasteiger partial charge in [-0.15, -0.1) is 0 Å². The summed E-state index contributed by atoms with van der Waals surface area (Å²) in [6.45, 7) is 1.96. The first-order chi connectivity index (χ1) is 10.7. The molecule has 0 bridgehead atoms. The summed E-state index contributed by atoms with van der Waals surface area (Å²) in [6, 6.07) is 11.2. The van der Waals surface area contributed by atoms with Crippen molar-refractivity contribution in [1.82, 2.24) is 4.98 Å². The zero-order chi connectivity index (χ0) is 17.0. The van der Waals surface area contributed by atoms with Crippen molar-refractivity contribution < 1.29 is 27.5 Å². The summed E-state index contributed by atoms with van der Waals surface area (Å²) < 4.78 is 34.9. The Morgan fingerprint density at radius 2 is 1.96 bits per heavy atom. The van der Waals surface area contributed by atoms with Gasteiger partial charge in [0.25, 0.3) is 0 Å². The zero-order valence-electron chi connectivity index (χ0n) is 12.8. The van der Waals surface area contributed by atoms with E-state index in [1.807, 2.05) is 37.3 Å². The molecule has 1 heterocycles. The standard InChI is InChI=1S/C13H17N5O4S.H2O/c1-9(7-10-5-3-2-4-6-10)16-12-8-11(14)18(13(15)17-12)22-23(19,20)21;/h2-6,8-9H,7H2,1H3,(H5,14,15,16,17,19,20,21);1H2. The van der Waals surface area contributed by atoms with Gasteiger partial charge in [0.1, 0.15) is 0 Å². The van der Waals surface area contributed by atoms with Crippen LogP contribution >= 0.6 is 0 Å². The molecule has 10 nitrogen and oxygen atoms in total. The third-order valence-electron chi connectivity index (χ3n) is 2.91. The lowest BCUT2D eigenvalue weighted by Crippen LogP contribution is -2.50. The molecule has 0 aliphatic carbocycles. The topological polar surface area (TPSA) is 174 Å². The van der Waals surface area contributed by atoms with Crippen molar-refractivity contribution in [3.8, 4) is 0 Å². The number of rotatable bonds is 6. The molecule has 0 saturated heterocycles. The summed E-state index contributed by atoms with van der Waals surface area (Å²) in [6.07, 6.45) is 0.749. The number of nitrogens with two attached hydrogens (primary N) is 2. The van der Waals surface area contributed by atoms with E-state index < -0.39 is 10.4 Å². The van der Waals surface area contributed by atoms with Gasteiger partial charge in [0.2, 0.25) is 5.82 Å². The van der Waals surface area contributed by atoms with E-state index in [0.717, 1.165) is 12.0 Å². The highest BCUT2D eigenvalue weighted by atomic mass is 32.3. The van der Waals surface area contributed by atoms with Gasteiger partial charge in [-0.1, -0.05) is 35.3 Å². The van der Waals surface area contributed by atoms with Crippen LogP contribution in [0.15, 0.2) is 36.4 Å². The van der Waals surface area contributed by atoms with Gasteiger partial charge < -0.3 is 22.3 Å². The maximum Gasteiger partial charge on any atom is 0.474 e. The van der Waals surface area contributed by atoms with Crippen LogP contribution in [0.3, 0.4) is 0 Å². The van der Waals surface area contributed by atoms with Crippen LogP contribution in [0.5, 0.6) is 0 Å². The highest BCUT2D eigenvalue weighted by molar-refractivity contribution is 7.80. The van der Waals surface area contributed by atoms with Gasteiger partial charge in [0.15, 0.2) is 5.82 Å². The Labute approximate surface area is 139 Å². The number of aromatic nitrogens is 2. The fourth-order valence-electron chi connectivity index (χ4n) is 2.05. The molecule has 11 heteroatoms. The summed E-state index contributed by atoms with van der Waals surface area (Å²) in [5.74, 6) is -0.0970. The number of nitrogens with one attached hydrogen (secondary N) is 1. The zero-order valence-corrected chi connectivity index (χ0v) is 13.6. The first-order valence-electron chi connectivity index (χ1n) is 6.70. The van der Waals surface area contributed by atoms with Crippen molar-refractivity contribution in [3.63, 3.8) is 0 Å². The van der Waals surface area contributed by atoms with E-state index in [-0.39, 0.29) is 23.3 Å². The Morgan fingerprint density at radius 3 is 2.50 bits per heavy atom. The molecule has 24 heavy (non-hydrogen) atoms. The van der Waals surface area contributed by atoms with Crippen LogP contribution in [0, 0.1) is 0 Å². The van der Waals surface area contributed by atoms with Crippen molar-refractivity contribution in [2.24, 2.45) is 0 Å². The van der Waals surface area contributed by atoms with E-state index >= 15 is 0 Å². The van der Waals surface area contributed by atoms with Gasteiger partial charge in [0.05, 0.1) is 6.07 Å². The molecule has 0 saturated carbocycles. The van der Waals surface area contributed by atoms with Crippen molar-refractivity contribution in [2.45, 2.75) is 19.4 Å². The SMILES string of the molecule is CC(Cc1ccccc1)Nc1cc(N)[n+](OS(=O)(=O)O)c(N)n1.[OH-]. The quantitative estimate of drug-likeness (QED) is 0.397. The molecule has 2 rings (SSSR count). The second kappa shape index (κ2) is 7.77. The van der Waals surface area contributed by atoms with Gasteiger partial charge in [-0.2, -0.15) is 8.42 Å². The fourth-order valence-corrected chi connectivity index (χ4v) is 2.40. The molecule has 7 N–H and O–H groups in total. The van der Waals surface area contributed by atoms with Crippen LogP contribution in [0.1, 0.15) is 12.5 Å². The van der Waals surface area contributed by atoms with Crippen LogP contribution in [0.4, 0.5) is 17.6 Å². The largest absolute Gasteiger partial charge is 0.870 e. The monoisotopic (exact) mass is 357 g/mol. The number of nitrogen functional groups attached to an aromatic ring is 2. The Balaban J connectivity index is 0.00000288. The minimum Gasteiger partial charge on any atom is -0.870 e. The highest BCUT2D eigenvalue weighted by Crippen LogP contribution is 2.11. The summed E-state index contributed by atoms with van der Waals surface area (Å²) in [7, 11) is -4.76. The van der Waals surface area contributed by atoms with E-state index in [9.17, 15) is 8.42 Å². The maximum absolute atomic E-state index is 10.7. The Kier molecular flexibility index (Phi) is 6.28. The smallest absolute Gasteiger partial charge is 0.474 e. The van der Waals surface area contributed by atoms with Crippen molar-refractivity contribution >= 4 is 28.0 Å². The third-order valence-corrected chi connectivity index (χ3v) is 3.25. The van der Waals surface area contributed by atoms with Gasteiger partial charge >= 0.3 is 16.3 Å². The fraction of sp³-hybridized carbons (Fsp3) is 0.231. The molecule has 1 unspecified atom stereocenters. The number of nitrogens with zero attached hydrogens (tertiary/aromatic N) is 2. The summed E-state index contributed by atoms with van der Waals surface area (Å²) in [5, 5.41) is 3.11. The normalized spacial score (nSPS) is 12.1. The van der Waals surface area contributed by atoms with E-state index in [1.165, 1.54) is 6.07 Å². The molecule has 0 spiro atoms. The van der Waals surface area contributed by atoms with Crippen LogP contribution in [0.25, 0.3) is 0 Å². The van der Waals surface area contributed by atoms with Crippen molar-refractivity contribution in [3.05, 3.63) is 42.0 Å². The number of hydrogen-bond donors (Lipinski definition) is 4. The molecule has 0 radical (unpaired) electrons. The number of hydrogen-bond acceptors (Lipinski definition) is 8. The molecule has 1 aromatic heterocycles. The predicted octanol–water partition coefficient (Wildman–Crippen LogP) is -0.369. The lowest BCUT2D eigenvalue weighted by molar-refractivity contribution is -0.835. The first kappa shape index (κ1) is 19.4. The maximum atomic E-state index is 10.7. The van der Waals surface area contributed by atoms with Gasteiger partial charge in [-0.25, -0.2) is 4.28 Å². The van der Waals surface area contributed by atoms with Crippen LogP contribution < -0.4 is 25.8 Å². The van der Waals surface area contributed by atoms with Crippen LogP contribution in [-0.4, -0.2) is 29.5 Å². The summed E-state index contributed by atoms with van der Waals surface area (Å²) >= 11 is 0. The van der Waals surface area contributed by atoms with E-state index in [2.05, 4.69) is 14.6 Å². The number of benzene rings is 1. The average molecular weight is 357 g/mol. The van der Waals surface area contributed by atoms with Gasteiger partial charge in [-0.05, 0) is 23.6 Å². The summed E-state index contributed by atoms with van der Waals surface area (Å²) in [4.78, 5) is 3.95. The van der Waals surface area contributed by atoms with E-state index in [0.29, 0.717) is 10.5 Å². The molecular weight excluding hydrogens is 338 g/mol. The minimum absolute atomic E-state index is 0. The summed E-state index contributed by atoms with van der Waals surface area (Å²) in [5.41, 5.74) is 12.4. The van der Waals surface area contributed by atoms with Crippen LogP contribution in [-0.2, 0) is 16.8 Å². The molecule has 0 fully saturated rings. The second-order valence-electron chi connectivity index (χ2n) is 4.96. The molecule has 1 aromatic carbocycles. The molecule has 0 aliphatic rings. The Morgan fingerprint density at radius 1 is 1.33 bits per heavy atom. The minimum atomic E-state index is -4.76. The Bertz CT molecular complexity index is 762. The molecule has 0 amide bonds. The van der Waals surface area contributed by atoms with Crippen molar-refractivity contribution in [1.29, 1.82) is 0 Å². The average Bonchev–Trinajstić information content (AvgIpc) is 2.43. The van der Waals surface area contributed by atoms with Gasteiger partial charge in [0, 0.05) is 6.04 Å².